The fourth-order valence-corrected chi connectivity index (χ4v) is 3.89. The molecular weight excluding hydrogens is 406 g/mol. The number of hydrogen-bond acceptors (Lipinski definition) is 6. The minimum absolute atomic E-state index is 0.0453. The van der Waals surface area contributed by atoms with Gasteiger partial charge in [0.05, 0.1) is 31.6 Å². The molecule has 0 saturated carbocycles. The van der Waals surface area contributed by atoms with Gasteiger partial charge in [-0.15, -0.1) is 0 Å². The Hall–Kier alpha value is -0.700. The molecule has 0 bridgehead atoms. The summed E-state index contributed by atoms with van der Waals surface area (Å²) in [6.07, 6.45) is 12.4. The van der Waals surface area contributed by atoms with Crippen molar-refractivity contribution in [3.05, 3.63) is 0 Å². The average molecular weight is 452 g/mol. The van der Waals surface area contributed by atoms with Crippen LogP contribution in [-0.2, 0) is 24.3 Å². The van der Waals surface area contributed by atoms with Crippen molar-refractivity contribution in [2.24, 2.45) is 0 Å². The minimum atomic E-state index is -3.38. The Bertz CT molecular complexity index is 512. The third-order valence-corrected chi connectivity index (χ3v) is 6.54. The normalized spacial score (nSPS) is 13.9. The van der Waals surface area contributed by atoms with Crippen LogP contribution in [0.25, 0.3) is 0 Å². The molecule has 0 aromatic rings. The molecule has 2 unspecified atom stereocenters. The van der Waals surface area contributed by atoms with Gasteiger partial charge in [-0.3, -0.25) is 4.79 Å². The lowest BCUT2D eigenvalue weighted by Crippen LogP contribution is -2.41. The quantitative estimate of drug-likeness (QED) is 0.202. The molecule has 0 radical (unpaired) electrons. The van der Waals surface area contributed by atoms with Crippen LogP contribution in [0.3, 0.4) is 0 Å². The van der Waals surface area contributed by atoms with E-state index in [9.17, 15) is 18.3 Å². The fraction of sp³-hybridized carbons (Fsp3) is 0.955. The summed E-state index contributed by atoms with van der Waals surface area (Å²) in [4.78, 5) is 12.0. The molecule has 7 nitrogen and oxygen atoms in total. The van der Waals surface area contributed by atoms with Crippen LogP contribution in [-0.4, -0.2) is 57.2 Å². The first-order chi connectivity index (χ1) is 14.4. The molecule has 2 atom stereocenters. The highest BCUT2D eigenvalue weighted by atomic mass is 32.2. The number of rotatable bonds is 21. The maximum Gasteiger partial charge on any atom is 0.306 e. The second kappa shape index (κ2) is 19.0. The van der Waals surface area contributed by atoms with E-state index in [4.69, 9.17) is 9.47 Å². The molecule has 0 fully saturated rings. The Morgan fingerprint density at radius 1 is 0.967 bits per heavy atom. The Morgan fingerprint density at radius 3 is 2.10 bits per heavy atom. The van der Waals surface area contributed by atoms with Crippen LogP contribution >= 0.6 is 0 Å². The van der Waals surface area contributed by atoms with Crippen LogP contribution in [0.4, 0.5) is 0 Å². The summed E-state index contributed by atoms with van der Waals surface area (Å²) in [5.74, 6) is -0.204. The smallest absolute Gasteiger partial charge is 0.306 e. The van der Waals surface area contributed by atoms with Gasteiger partial charge in [0.2, 0.25) is 10.0 Å². The molecule has 30 heavy (non-hydrogen) atoms. The summed E-state index contributed by atoms with van der Waals surface area (Å²) in [5, 5.41) is 9.27. The van der Waals surface area contributed by atoms with E-state index >= 15 is 0 Å². The first-order valence-corrected chi connectivity index (χ1v) is 13.4. The SMILES string of the molecule is CCCCCCCCCCCC(=O)OC(CC)CCOCC(CO)NS(=O)(=O)CC. The Morgan fingerprint density at radius 2 is 1.57 bits per heavy atom. The zero-order valence-corrected chi connectivity index (χ0v) is 20.2. The summed E-state index contributed by atoms with van der Waals surface area (Å²) < 4.78 is 36.5. The third-order valence-electron chi connectivity index (χ3n) is 5.09. The molecule has 0 aromatic heterocycles. The van der Waals surface area contributed by atoms with Crippen LogP contribution in [0.5, 0.6) is 0 Å². The number of sulfonamides is 1. The van der Waals surface area contributed by atoms with Gasteiger partial charge in [0.1, 0.15) is 6.10 Å². The third kappa shape index (κ3) is 17.0. The number of esters is 1. The predicted molar refractivity (Wildman–Crippen MR) is 121 cm³/mol. The lowest BCUT2D eigenvalue weighted by molar-refractivity contribution is -0.150. The van der Waals surface area contributed by atoms with Crippen molar-refractivity contribution < 1.29 is 27.8 Å². The summed E-state index contributed by atoms with van der Waals surface area (Å²) in [7, 11) is -3.38. The first-order valence-electron chi connectivity index (χ1n) is 11.8. The van der Waals surface area contributed by atoms with Gasteiger partial charge in [0, 0.05) is 12.8 Å². The number of carbonyl (C=O) groups excluding carboxylic acids is 1. The number of ether oxygens (including phenoxy) is 2. The average Bonchev–Trinajstić information content (AvgIpc) is 2.73. The zero-order valence-electron chi connectivity index (χ0n) is 19.4. The minimum Gasteiger partial charge on any atom is -0.462 e. The Balaban J connectivity index is 3.84. The summed E-state index contributed by atoms with van der Waals surface area (Å²) in [6.45, 7) is 5.81. The van der Waals surface area contributed by atoms with Crippen molar-refractivity contribution in [3.63, 3.8) is 0 Å². The molecule has 0 amide bonds. The van der Waals surface area contributed by atoms with Crippen LogP contribution in [0, 0.1) is 0 Å². The van der Waals surface area contributed by atoms with Gasteiger partial charge in [0.15, 0.2) is 0 Å². The molecule has 0 saturated heterocycles. The lowest BCUT2D eigenvalue weighted by Gasteiger charge is -2.18. The molecule has 8 heteroatoms. The number of aliphatic hydroxyl groups excluding tert-OH is 1. The second-order valence-electron chi connectivity index (χ2n) is 7.86. The number of hydrogen-bond donors (Lipinski definition) is 2. The van der Waals surface area contributed by atoms with Crippen molar-refractivity contribution in [1.82, 2.24) is 4.72 Å². The van der Waals surface area contributed by atoms with Crippen molar-refractivity contribution in [1.29, 1.82) is 0 Å². The van der Waals surface area contributed by atoms with Crippen LogP contribution in [0.1, 0.15) is 97.8 Å². The van der Waals surface area contributed by atoms with E-state index < -0.39 is 16.1 Å². The second-order valence-corrected chi connectivity index (χ2v) is 9.91. The maximum atomic E-state index is 12.0. The number of carbonyl (C=O) groups is 1. The Labute approximate surface area is 184 Å². The predicted octanol–water partition coefficient (Wildman–Crippen LogP) is 3.94. The highest BCUT2D eigenvalue weighted by molar-refractivity contribution is 7.89. The van der Waals surface area contributed by atoms with Gasteiger partial charge in [-0.25, -0.2) is 13.1 Å². The molecule has 2 N–H and O–H groups in total. The fourth-order valence-electron chi connectivity index (χ4n) is 3.07. The van der Waals surface area contributed by atoms with E-state index in [-0.39, 0.29) is 31.0 Å². The molecular formula is C22H45NO6S. The maximum absolute atomic E-state index is 12.0. The van der Waals surface area contributed by atoms with E-state index in [1.807, 2.05) is 6.92 Å². The number of nitrogens with one attached hydrogen (secondary N) is 1. The van der Waals surface area contributed by atoms with E-state index in [1.165, 1.54) is 51.9 Å². The van der Waals surface area contributed by atoms with Gasteiger partial charge in [-0.2, -0.15) is 0 Å². The van der Waals surface area contributed by atoms with Crippen molar-refractivity contribution >= 4 is 16.0 Å². The van der Waals surface area contributed by atoms with Gasteiger partial charge >= 0.3 is 5.97 Å². The van der Waals surface area contributed by atoms with E-state index in [1.54, 1.807) is 0 Å². The van der Waals surface area contributed by atoms with Gasteiger partial charge in [-0.1, -0.05) is 65.2 Å². The molecule has 0 rings (SSSR count). The van der Waals surface area contributed by atoms with Crippen molar-refractivity contribution in [3.8, 4) is 0 Å². The van der Waals surface area contributed by atoms with Gasteiger partial charge in [-0.05, 0) is 19.8 Å². The first kappa shape index (κ1) is 29.3. The van der Waals surface area contributed by atoms with Crippen molar-refractivity contribution in [2.75, 3.05) is 25.6 Å². The van der Waals surface area contributed by atoms with E-state index in [2.05, 4.69) is 11.6 Å². The van der Waals surface area contributed by atoms with Crippen LogP contribution in [0.2, 0.25) is 0 Å². The lowest BCUT2D eigenvalue weighted by atomic mass is 10.1. The van der Waals surface area contributed by atoms with Crippen molar-refractivity contribution in [2.45, 2.75) is 110 Å². The molecule has 180 valence electrons. The molecule has 0 aliphatic carbocycles. The molecule has 0 heterocycles. The highest BCUT2D eigenvalue weighted by Gasteiger charge is 2.17. The van der Waals surface area contributed by atoms with E-state index in [0.29, 0.717) is 25.9 Å². The zero-order chi connectivity index (χ0) is 22.7. The topological polar surface area (TPSA) is 102 Å². The number of aliphatic hydroxyl groups is 1. The Kier molecular flexibility index (Phi) is 18.6. The molecule has 0 spiro atoms. The van der Waals surface area contributed by atoms with Gasteiger partial charge in [0.25, 0.3) is 0 Å². The van der Waals surface area contributed by atoms with Gasteiger partial charge < -0.3 is 14.6 Å². The summed E-state index contributed by atoms with van der Waals surface area (Å²) in [6, 6.07) is -0.663. The standard InChI is InChI=1S/C22H45NO6S/c1-4-7-8-9-10-11-12-13-14-15-22(25)29-21(5-2)16-17-28-19-20(18-24)23-30(26,27)6-3/h20-21,23-24H,4-19H2,1-3H3. The molecule has 0 aromatic carbocycles. The van der Waals surface area contributed by atoms with E-state index in [0.717, 1.165) is 12.8 Å². The summed E-state index contributed by atoms with van der Waals surface area (Å²) >= 11 is 0. The van der Waals surface area contributed by atoms with Crippen LogP contribution in [0.15, 0.2) is 0 Å². The largest absolute Gasteiger partial charge is 0.462 e. The van der Waals surface area contributed by atoms with Crippen LogP contribution < -0.4 is 4.72 Å². The monoisotopic (exact) mass is 451 g/mol. The highest BCUT2D eigenvalue weighted by Crippen LogP contribution is 2.12. The molecule has 0 aliphatic rings. The number of unbranched alkanes of at least 4 members (excludes halogenated alkanes) is 8. The summed E-state index contributed by atoms with van der Waals surface area (Å²) in [5.41, 5.74) is 0. The molecule has 0 aliphatic heterocycles.